The minimum absolute atomic E-state index is 0.0479. The Kier molecular flexibility index (Phi) is 5.60. The number of nitrogens with two attached hydrogens (primary N) is 1. The largest absolute Gasteiger partial charge is 0.375 e. The summed E-state index contributed by atoms with van der Waals surface area (Å²) >= 11 is 0. The zero-order valence-corrected chi connectivity index (χ0v) is 12.2. The van der Waals surface area contributed by atoms with E-state index in [0.717, 1.165) is 32.3 Å². The molecule has 0 aliphatic carbocycles. The van der Waals surface area contributed by atoms with E-state index in [1.807, 2.05) is 13.8 Å². The Morgan fingerprint density at radius 1 is 1.44 bits per heavy atom. The molecule has 18 heavy (non-hydrogen) atoms. The van der Waals surface area contributed by atoms with Crippen molar-refractivity contribution in [3.8, 4) is 0 Å². The van der Waals surface area contributed by atoms with E-state index in [2.05, 4.69) is 19.2 Å². The summed E-state index contributed by atoms with van der Waals surface area (Å²) in [5.74, 6) is -0.0662. The summed E-state index contributed by atoms with van der Waals surface area (Å²) in [5, 5.41) is 3.12. The van der Waals surface area contributed by atoms with Crippen molar-refractivity contribution in [1.82, 2.24) is 5.32 Å². The van der Waals surface area contributed by atoms with Crippen LogP contribution < -0.4 is 11.1 Å². The van der Waals surface area contributed by atoms with Crippen LogP contribution in [0.3, 0.4) is 0 Å². The fourth-order valence-electron chi connectivity index (χ4n) is 2.47. The fraction of sp³-hybridized carbons (Fsp3) is 0.929. The van der Waals surface area contributed by atoms with E-state index in [4.69, 9.17) is 10.5 Å². The van der Waals surface area contributed by atoms with Crippen LogP contribution in [0.5, 0.6) is 0 Å². The van der Waals surface area contributed by atoms with Crippen molar-refractivity contribution in [2.24, 2.45) is 11.7 Å². The van der Waals surface area contributed by atoms with E-state index < -0.39 is 0 Å². The summed E-state index contributed by atoms with van der Waals surface area (Å²) in [6, 6.07) is 0.124. The first-order valence-electron chi connectivity index (χ1n) is 7.14. The molecule has 1 heterocycles. The smallest absolute Gasteiger partial charge is 0.224 e. The van der Waals surface area contributed by atoms with E-state index in [0.29, 0.717) is 0 Å². The highest BCUT2D eigenvalue weighted by Gasteiger charge is 2.35. The van der Waals surface area contributed by atoms with Gasteiger partial charge in [0.05, 0.1) is 5.60 Å². The molecule has 1 rings (SSSR count). The van der Waals surface area contributed by atoms with Gasteiger partial charge in [0.15, 0.2) is 0 Å². The molecule has 3 N–H and O–H groups in total. The van der Waals surface area contributed by atoms with E-state index >= 15 is 0 Å². The van der Waals surface area contributed by atoms with Crippen LogP contribution in [0, 0.1) is 5.92 Å². The van der Waals surface area contributed by atoms with Crippen LogP contribution in [0.2, 0.25) is 0 Å². The highest BCUT2D eigenvalue weighted by atomic mass is 16.5. The fourth-order valence-corrected chi connectivity index (χ4v) is 2.47. The molecule has 1 fully saturated rings. The molecule has 4 nitrogen and oxygen atoms in total. The Bertz CT molecular complexity index is 275. The quantitative estimate of drug-likeness (QED) is 0.788. The van der Waals surface area contributed by atoms with Crippen molar-refractivity contribution in [2.45, 2.75) is 71.1 Å². The Morgan fingerprint density at radius 3 is 2.56 bits per heavy atom. The third kappa shape index (κ3) is 3.69. The van der Waals surface area contributed by atoms with Crippen molar-refractivity contribution >= 4 is 5.91 Å². The molecule has 0 aromatic rings. The summed E-state index contributed by atoms with van der Waals surface area (Å²) in [6.45, 7) is 8.79. The maximum atomic E-state index is 12.0. The zero-order valence-electron chi connectivity index (χ0n) is 12.2. The average Bonchev–Trinajstić information content (AvgIpc) is 2.37. The third-order valence-electron chi connectivity index (χ3n) is 4.33. The molecule has 106 valence electrons. The van der Waals surface area contributed by atoms with Crippen LogP contribution in [-0.4, -0.2) is 30.2 Å². The van der Waals surface area contributed by atoms with Crippen molar-refractivity contribution in [1.29, 1.82) is 0 Å². The standard InChI is InChI=1S/C14H28N2O2/c1-5-14(6-2)9-12(7-8-18-14)16-13(17)10(3)11(4)15/h10-12H,5-9,15H2,1-4H3,(H,16,17). The van der Waals surface area contributed by atoms with Gasteiger partial charge in [0.1, 0.15) is 0 Å². The lowest BCUT2D eigenvalue weighted by atomic mass is 9.85. The molecule has 0 aromatic carbocycles. The van der Waals surface area contributed by atoms with Gasteiger partial charge in [-0.1, -0.05) is 20.8 Å². The maximum Gasteiger partial charge on any atom is 0.224 e. The highest BCUT2D eigenvalue weighted by molar-refractivity contribution is 5.79. The van der Waals surface area contributed by atoms with Crippen molar-refractivity contribution in [3.05, 3.63) is 0 Å². The molecule has 3 unspecified atom stereocenters. The highest BCUT2D eigenvalue weighted by Crippen LogP contribution is 2.31. The molecule has 3 atom stereocenters. The molecule has 1 saturated heterocycles. The van der Waals surface area contributed by atoms with Gasteiger partial charge < -0.3 is 15.8 Å². The second kappa shape index (κ2) is 6.53. The summed E-state index contributed by atoms with van der Waals surface area (Å²) < 4.78 is 5.91. The van der Waals surface area contributed by atoms with Crippen LogP contribution in [0.15, 0.2) is 0 Å². The molecule has 1 amide bonds. The lowest BCUT2D eigenvalue weighted by Crippen LogP contribution is -2.50. The lowest BCUT2D eigenvalue weighted by molar-refractivity contribution is -0.129. The van der Waals surface area contributed by atoms with Gasteiger partial charge >= 0.3 is 0 Å². The van der Waals surface area contributed by atoms with Gasteiger partial charge in [-0.25, -0.2) is 0 Å². The SMILES string of the molecule is CCC1(CC)CC(NC(=O)C(C)C(C)N)CCO1. The van der Waals surface area contributed by atoms with Gasteiger partial charge in [0, 0.05) is 24.6 Å². The Balaban J connectivity index is 2.55. The second-order valence-corrected chi connectivity index (χ2v) is 5.58. The number of carbonyl (C=O) groups excluding carboxylic acids is 1. The normalized spacial score (nSPS) is 26.4. The van der Waals surface area contributed by atoms with Crippen LogP contribution >= 0.6 is 0 Å². The van der Waals surface area contributed by atoms with Crippen LogP contribution in [-0.2, 0) is 9.53 Å². The Hall–Kier alpha value is -0.610. The average molecular weight is 256 g/mol. The number of carbonyl (C=O) groups is 1. The number of rotatable bonds is 5. The number of amides is 1. The molecule has 0 radical (unpaired) electrons. The number of hydrogen-bond donors (Lipinski definition) is 2. The van der Waals surface area contributed by atoms with Gasteiger partial charge in [-0.3, -0.25) is 4.79 Å². The maximum absolute atomic E-state index is 12.0. The first-order chi connectivity index (χ1) is 8.44. The van der Waals surface area contributed by atoms with Crippen LogP contribution in [0.25, 0.3) is 0 Å². The Labute approximate surface area is 111 Å². The van der Waals surface area contributed by atoms with E-state index in [-0.39, 0.29) is 29.5 Å². The zero-order chi connectivity index (χ0) is 13.8. The first-order valence-corrected chi connectivity index (χ1v) is 7.14. The van der Waals surface area contributed by atoms with Gasteiger partial charge in [-0.15, -0.1) is 0 Å². The molecule has 0 saturated carbocycles. The minimum Gasteiger partial charge on any atom is -0.375 e. The van der Waals surface area contributed by atoms with E-state index in [9.17, 15) is 4.79 Å². The summed E-state index contributed by atoms with van der Waals surface area (Å²) in [5.41, 5.74) is 5.71. The van der Waals surface area contributed by atoms with Gasteiger partial charge in [0.25, 0.3) is 0 Å². The van der Waals surface area contributed by atoms with Crippen molar-refractivity contribution in [2.75, 3.05) is 6.61 Å². The molecule has 0 aromatic heterocycles. The third-order valence-corrected chi connectivity index (χ3v) is 4.33. The molecule has 0 spiro atoms. The Morgan fingerprint density at radius 2 is 2.06 bits per heavy atom. The van der Waals surface area contributed by atoms with Crippen LogP contribution in [0.4, 0.5) is 0 Å². The van der Waals surface area contributed by atoms with Gasteiger partial charge in [-0.2, -0.15) is 0 Å². The predicted molar refractivity (Wildman–Crippen MR) is 73.2 cm³/mol. The van der Waals surface area contributed by atoms with E-state index in [1.54, 1.807) is 0 Å². The molecule has 0 bridgehead atoms. The predicted octanol–water partition coefficient (Wildman–Crippen LogP) is 1.82. The molecule has 4 heteroatoms. The first kappa shape index (κ1) is 15.4. The topological polar surface area (TPSA) is 64.4 Å². The molecule has 1 aliphatic heterocycles. The molecular weight excluding hydrogens is 228 g/mol. The second-order valence-electron chi connectivity index (χ2n) is 5.58. The number of nitrogens with one attached hydrogen (secondary N) is 1. The number of hydrogen-bond acceptors (Lipinski definition) is 3. The van der Waals surface area contributed by atoms with Crippen LogP contribution in [0.1, 0.15) is 53.4 Å². The number of ether oxygens (including phenoxy) is 1. The van der Waals surface area contributed by atoms with Gasteiger partial charge in [-0.05, 0) is 32.6 Å². The summed E-state index contributed by atoms with van der Waals surface area (Å²) in [7, 11) is 0. The molecular formula is C14H28N2O2. The van der Waals surface area contributed by atoms with Crippen molar-refractivity contribution in [3.63, 3.8) is 0 Å². The van der Waals surface area contributed by atoms with Crippen molar-refractivity contribution < 1.29 is 9.53 Å². The summed E-state index contributed by atoms with van der Waals surface area (Å²) in [6.07, 6.45) is 3.81. The lowest BCUT2D eigenvalue weighted by Gasteiger charge is -2.40. The monoisotopic (exact) mass is 256 g/mol. The van der Waals surface area contributed by atoms with Gasteiger partial charge in [0.2, 0.25) is 5.91 Å². The minimum atomic E-state index is -0.134. The summed E-state index contributed by atoms with van der Waals surface area (Å²) in [4.78, 5) is 12.0. The molecule has 1 aliphatic rings. The van der Waals surface area contributed by atoms with E-state index in [1.165, 1.54) is 0 Å².